The summed E-state index contributed by atoms with van der Waals surface area (Å²) in [4.78, 5) is 12.5. The largest absolute Gasteiger partial charge is 0.467 e. The maximum absolute atomic E-state index is 12.3. The van der Waals surface area contributed by atoms with Crippen LogP contribution in [0.1, 0.15) is 30.3 Å². The predicted octanol–water partition coefficient (Wildman–Crippen LogP) is 2.93. The van der Waals surface area contributed by atoms with Gasteiger partial charge in [0.25, 0.3) is 0 Å². The van der Waals surface area contributed by atoms with Crippen LogP contribution in [-0.4, -0.2) is 41.1 Å². The van der Waals surface area contributed by atoms with Gasteiger partial charge in [0.2, 0.25) is 5.91 Å². The molecule has 0 radical (unpaired) electrons. The van der Waals surface area contributed by atoms with Gasteiger partial charge in [-0.2, -0.15) is 0 Å². The van der Waals surface area contributed by atoms with E-state index in [9.17, 15) is 13.2 Å². The van der Waals surface area contributed by atoms with Crippen molar-refractivity contribution in [3.05, 3.63) is 54.2 Å². The molecule has 1 aliphatic carbocycles. The first-order valence-corrected chi connectivity index (χ1v) is 12.0. The molecular weight excluding hydrogens is 412 g/mol. The molecule has 4 rings (SSSR count). The van der Waals surface area contributed by atoms with E-state index >= 15 is 0 Å². The van der Waals surface area contributed by atoms with Gasteiger partial charge in [-0.25, -0.2) is 8.42 Å². The number of amides is 1. The Morgan fingerprint density at radius 3 is 2.62 bits per heavy atom. The van der Waals surface area contributed by atoms with E-state index < -0.39 is 9.84 Å². The highest BCUT2D eigenvalue weighted by molar-refractivity contribution is 7.99. The number of thioether (sulfide) groups is 1. The minimum absolute atomic E-state index is 0.161. The van der Waals surface area contributed by atoms with Crippen LogP contribution in [0.4, 0.5) is 5.69 Å². The molecule has 29 heavy (non-hydrogen) atoms. The average Bonchev–Trinajstić information content (AvgIpc) is 3.24. The molecule has 8 nitrogen and oxygen atoms in total. The summed E-state index contributed by atoms with van der Waals surface area (Å²) in [5, 5.41) is 12.0. The van der Waals surface area contributed by atoms with E-state index in [1.54, 1.807) is 18.4 Å². The molecule has 1 aromatic carbocycles. The summed E-state index contributed by atoms with van der Waals surface area (Å²) in [6.45, 7) is 0.530. The summed E-state index contributed by atoms with van der Waals surface area (Å²) in [6, 6.07) is 9.83. The average molecular weight is 433 g/mol. The van der Waals surface area contributed by atoms with Crippen molar-refractivity contribution in [2.75, 3.05) is 17.3 Å². The minimum Gasteiger partial charge on any atom is -0.467 e. The molecule has 0 atom stereocenters. The second kappa shape index (κ2) is 8.03. The Bertz CT molecular complexity index is 1100. The number of furan rings is 1. The Labute approximate surface area is 172 Å². The predicted molar refractivity (Wildman–Crippen MR) is 109 cm³/mol. The van der Waals surface area contributed by atoms with Crippen LogP contribution in [0.15, 0.2) is 57.1 Å². The van der Waals surface area contributed by atoms with Crippen molar-refractivity contribution >= 4 is 33.2 Å². The number of benzene rings is 1. The maximum Gasteiger partial charge on any atom is 0.234 e. The number of sulfone groups is 1. The van der Waals surface area contributed by atoms with Gasteiger partial charge in [0.15, 0.2) is 15.0 Å². The molecule has 1 fully saturated rings. The van der Waals surface area contributed by atoms with Crippen molar-refractivity contribution in [2.45, 2.75) is 35.4 Å². The van der Waals surface area contributed by atoms with E-state index in [0.29, 0.717) is 23.3 Å². The number of anilines is 1. The molecule has 10 heteroatoms. The van der Waals surface area contributed by atoms with Gasteiger partial charge in [0.05, 0.1) is 23.5 Å². The van der Waals surface area contributed by atoms with Gasteiger partial charge in [-0.05, 0) is 49.2 Å². The number of hydrogen-bond acceptors (Lipinski definition) is 7. The quantitative estimate of drug-likeness (QED) is 0.545. The molecular formula is C19H20N4O4S2. The zero-order valence-electron chi connectivity index (χ0n) is 15.7. The Balaban J connectivity index is 1.40. The lowest BCUT2D eigenvalue weighted by molar-refractivity contribution is -0.113. The number of rotatable bonds is 8. The maximum atomic E-state index is 12.3. The van der Waals surface area contributed by atoms with Crippen LogP contribution in [0.3, 0.4) is 0 Å². The lowest BCUT2D eigenvalue weighted by atomic mass is 10.3. The highest BCUT2D eigenvalue weighted by Crippen LogP contribution is 2.40. The van der Waals surface area contributed by atoms with Crippen LogP contribution in [0.25, 0.3) is 0 Å². The SMILES string of the molecule is CS(=O)(=O)c1ccc(NC(=O)CSc2nnc(C3CC3)n2Cc2ccco2)cc1. The molecule has 152 valence electrons. The van der Waals surface area contributed by atoms with E-state index in [1.165, 1.54) is 23.9 Å². The minimum atomic E-state index is -3.26. The number of carbonyl (C=O) groups is 1. The van der Waals surface area contributed by atoms with Crippen LogP contribution in [0, 0.1) is 0 Å². The molecule has 1 N–H and O–H groups in total. The monoisotopic (exact) mass is 432 g/mol. The summed E-state index contributed by atoms with van der Waals surface area (Å²) in [6.07, 6.45) is 4.98. The van der Waals surface area contributed by atoms with E-state index in [0.717, 1.165) is 30.7 Å². The van der Waals surface area contributed by atoms with Gasteiger partial charge >= 0.3 is 0 Å². The van der Waals surface area contributed by atoms with E-state index in [2.05, 4.69) is 15.5 Å². The molecule has 1 aliphatic rings. The molecule has 0 unspecified atom stereocenters. The molecule has 2 aromatic heterocycles. The summed E-state index contributed by atoms with van der Waals surface area (Å²) in [7, 11) is -3.26. The molecule has 0 saturated heterocycles. The van der Waals surface area contributed by atoms with E-state index in [4.69, 9.17) is 4.42 Å². The molecule has 3 aromatic rings. The van der Waals surface area contributed by atoms with Crippen LogP contribution in [0.2, 0.25) is 0 Å². The van der Waals surface area contributed by atoms with Crippen LogP contribution in [0.5, 0.6) is 0 Å². The van der Waals surface area contributed by atoms with Gasteiger partial charge in [-0.1, -0.05) is 11.8 Å². The highest BCUT2D eigenvalue weighted by Gasteiger charge is 2.30. The van der Waals surface area contributed by atoms with Crippen molar-refractivity contribution in [1.29, 1.82) is 0 Å². The molecule has 0 spiro atoms. The first-order chi connectivity index (χ1) is 13.9. The fourth-order valence-corrected chi connectivity index (χ4v) is 4.25. The van der Waals surface area contributed by atoms with Crippen molar-refractivity contribution in [3.63, 3.8) is 0 Å². The summed E-state index contributed by atoms with van der Waals surface area (Å²) >= 11 is 1.31. The summed E-state index contributed by atoms with van der Waals surface area (Å²) < 4.78 is 30.5. The Morgan fingerprint density at radius 2 is 2.00 bits per heavy atom. The van der Waals surface area contributed by atoms with Crippen molar-refractivity contribution in [3.8, 4) is 0 Å². The standard InChI is InChI=1S/C19H20N4O4S2/c1-29(25,26)16-8-6-14(7-9-16)20-17(24)12-28-19-22-21-18(13-4-5-13)23(19)11-15-3-2-10-27-15/h2-3,6-10,13H,4-5,11-12H2,1H3,(H,20,24). The number of aromatic nitrogens is 3. The van der Waals surface area contributed by atoms with Gasteiger partial charge in [0, 0.05) is 17.9 Å². The van der Waals surface area contributed by atoms with Crippen LogP contribution < -0.4 is 5.32 Å². The second-order valence-electron chi connectivity index (χ2n) is 6.91. The third-order valence-corrected chi connectivity index (χ3v) is 6.58. The number of hydrogen-bond donors (Lipinski definition) is 1. The van der Waals surface area contributed by atoms with Gasteiger partial charge < -0.3 is 9.73 Å². The lowest BCUT2D eigenvalue weighted by Crippen LogP contribution is -2.15. The Hall–Kier alpha value is -2.59. The first-order valence-electron chi connectivity index (χ1n) is 9.08. The smallest absolute Gasteiger partial charge is 0.234 e. The van der Waals surface area contributed by atoms with Gasteiger partial charge in [0.1, 0.15) is 11.6 Å². The lowest BCUT2D eigenvalue weighted by Gasteiger charge is -2.09. The topological polar surface area (TPSA) is 107 Å². The van der Waals surface area contributed by atoms with E-state index in [1.807, 2.05) is 16.7 Å². The number of nitrogens with one attached hydrogen (secondary N) is 1. The molecule has 0 aliphatic heterocycles. The normalized spacial score (nSPS) is 14.1. The van der Waals surface area contributed by atoms with Gasteiger partial charge in [-0.15, -0.1) is 10.2 Å². The fraction of sp³-hybridized carbons (Fsp3) is 0.316. The zero-order valence-corrected chi connectivity index (χ0v) is 17.4. The summed E-state index contributed by atoms with van der Waals surface area (Å²) in [5.41, 5.74) is 0.540. The third-order valence-electron chi connectivity index (χ3n) is 4.48. The van der Waals surface area contributed by atoms with Crippen molar-refractivity contribution in [2.24, 2.45) is 0 Å². The van der Waals surface area contributed by atoms with Crippen LogP contribution >= 0.6 is 11.8 Å². The molecule has 1 amide bonds. The molecule has 2 heterocycles. The Morgan fingerprint density at radius 1 is 1.24 bits per heavy atom. The summed E-state index contributed by atoms with van der Waals surface area (Å²) in [5.74, 6) is 2.12. The zero-order chi connectivity index (χ0) is 20.4. The van der Waals surface area contributed by atoms with Crippen molar-refractivity contribution < 1.29 is 17.6 Å². The van der Waals surface area contributed by atoms with Gasteiger partial charge in [-0.3, -0.25) is 9.36 Å². The Kier molecular flexibility index (Phi) is 5.46. The number of carbonyl (C=O) groups excluding carboxylic acids is 1. The molecule has 1 saturated carbocycles. The first kappa shape index (κ1) is 19.7. The van der Waals surface area contributed by atoms with E-state index in [-0.39, 0.29) is 16.6 Å². The highest BCUT2D eigenvalue weighted by atomic mass is 32.2. The third kappa shape index (κ3) is 4.88. The van der Waals surface area contributed by atoms with Crippen LogP contribution in [-0.2, 0) is 21.2 Å². The number of nitrogens with zero attached hydrogens (tertiary/aromatic N) is 3. The van der Waals surface area contributed by atoms with Crippen molar-refractivity contribution in [1.82, 2.24) is 14.8 Å². The fourth-order valence-electron chi connectivity index (χ4n) is 2.87. The molecule has 0 bridgehead atoms. The second-order valence-corrected chi connectivity index (χ2v) is 9.87.